The van der Waals surface area contributed by atoms with Crippen LogP contribution in [-0.2, 0) is 6.42 Å². The van der Waals surface area contributed by atoms with Gasteiger partial charge in [-0.3, -0.25) is 0 Å². The third-order valence-electron chi connectivity index (χ3n) is 4.06. The summed E-state index contributed by atoms with van der Waals surface area (Å²) in [7, 11) is 0. The lowest BCUT2D eigenvalue weighted by Crippen LogP contribution is -2.28. The number of hydrogen-bond donors (Lipinski definition) is 0. The van der Waals surface area contributed by atoms with Gasteiger partial charge in [0.25, 0.3) is 0 Å². The van der Waals surface area contributed by atoms with Gasteiger partial charge in [-0.15, -0.1) is 0 Å². The zero-order valence-electron chi connectivity index (χ0n) is 11.3. The van der Waals surface area contributed by atoms with E-state index in [1.807, 2.05) is 0 Å². The Morgan fingerprint density at radius 3 is 3.00 bits per heavy atom. The summed E-state index contributed by atoms with van der Waals surface area (Å²) >= 11 is 0. The summed E-state index contributed by atoms with van der Waals surface area (Å²) in [4.78, 5) is 2.57. The number of furan rings is 1. The number of benzene rings is 1. The first-order valence-electron chi connectivity index (χ1n) is 6.95. The van der Waals surface area contributed by atoms with Crippen LogP contribution in [0.3, 0.4) is 0 Å². The van der Waals surface area contributed by atoms with Crippen molar-refractivity contribution in [1.29, 1.82) is 0 Å². The molecule has 18 heavy (non-hydrogen) atoms. The third kappa shape index (κ3) is 2.30. The van der Waals surface area contributed by atoms with Crippen LogP contribution in [0.15, 0.2) is 28.7 Å². The molecule has 0 spiro atoms. The summed E-state index contributed by atoms with van der Waals surface area (Å²) in [6.45, 7) is 6.83. The predicted octanol–water partition coefficient (Wildman–Crippen LogP) is 3.77. The average molecular weight is 243 g/mol. The Labute approximate surface area is 109 Å². The first-order valence-corrected chi connectivity index (χ1v) is 6.95. The van der Waals surface area contributed by atoms with Gasteiger partial charge in [0.05, 0.1) is 0 Å². The summed E-state index contributed by atoms with van der Waals surface area (Å²) < 4.78 is 5.89. The van der Waals surface area contributed by atoms with Crippen molar-refractivity contribution < 1.29 is 4.42 Å². The average Bonchev–Trinajstić information content (AvgIpc) is 2.92. The minimum Gasteiger partial charge on any atom is -0.461 e. The van der Waals surface area contributed by atoms with Gasteiger partial charge in [-0.2, -0.15) is 0 Å². The Hall–Kier alpha value is -1.28. The fourth-order valence-electron chi connectivity index (χ4n) is 2.92. The van der Waals surface area contributed by atoms with Crippen LogP contribution in [0.25, 0.3) is 11.0 Å². The second kappa shape index (κ2) is 4.77. The number of nitrogens with zero attached hydrogens (tertiary/aromatic N) is 1. The molecule has 2 heterocycles. The molecule has 0 bridgehead atoms. The summed E-state index contributed by atoms with van der Waals surface area (Å²) in [6.07, 6.45) is 3.72. The second-order valence-electron chi connectivity index (χ2n) is 5.53. The molecule has 1 atom stereocenters. The Kier molecular flexibility index (Phi) is 3.13. The molecule has 1 unspecified atom stereocenters. The van der Waals surface area contributed by atoms with Crippen molar-refractivity contribution in [3.8, 4) is 0 Å². The lowest BCUT2D eigenvalue weighted by molar-refractivity contribution is 0.266. The standard InChI is InChI=1S/C16H21NO/c1-12-5-6-16-14(10-12)11-15(18-16)7-9-17-8-3-4-13(17)2/h5-6,10-11,13H,3-4,7-9H2,1-2H3. The highest BCUT2D eigenvalue weighted by Gasteiger charge is 2.19. The van der Waals surface area contributed by atoms with Gasteiger partial charge in [0, 0.05) is 24.4 Å². The lowest BCUT2D eigenvalue weighted by Gasteiger charge is -2.19. The van der Waals surface area contributed by atoms with Crippen molar-refractivity contribution in [2.75, 3.05) is 13.1 Å². The molecule has 2 nitrogen and oxygen atoms in total. The largest absolute Gasteiger partial charge is 0.461 e. The highest BCUT2D eigenvalue weighted by Crippen LogP contribution is 2.22. The van der Waals surface area contributed by atoms with E-state index < -0.39 is 0 Å². The fraction of sp³-hybridized carbons (Fsp3) is 0.500. The summed E-state index contributed by atoms with van der Waals surface area (Å²) in [5.74, 6) is 1.12. The molecule has 0 saturated carbocycles. The molecule has 0 N–H and O–H groups in total. The normalized spacial score (nSPS) is 20.9. The monoisotopic (exact) mass is 243 g/mol. The number of aryl methyl sites for hydroxylation is 1. The summed E-state index contributed by atoms with van der Waals surface area (Å²) in [6, 6.07) is 9.32. The third-order valence-corrected chi connectivity index (χ3v) is 4.06. The maximum atomic E-state index is 5.89. The first-order chi connectivity index (χ1) is 8.72. The van der Waals surface area contributed by atoms with E-state index >= 15 is 0 Å². The summed E-state index contributed by atoms with van der Waals surface area (Å²) in [5, 5.41) is 1.24. The molecule has 0 radical (unpaired) electrons. The van der Waals surface area contributed by atoms with Gasteiger partial charge < -0.3 is 9.32 Å². The molecular formula is C16H21NO. The van der Waals surface area contributed by atoms with Crippen LogP contribution in [-0.4, -0.2) is 24.0 Å². The molecule has 1 saturated heterocycles. The van der Waals surface area contributed by atoms with Crippen LogP contribution in [0.2, 0.25) is 0 Å². The second-order valence-corrected chi connectivity index (χ2v) is 5.53. The SMILES string of the molecule is Cc1ccc2oc(CCN3CCCC3C)cc2c1. The number of fused-ring (bicyclic) bond motifs is 1. The van der Waals surface area contributed by atoms with Crippen LogP contribution in [0.4, 0.5) is 0 Å². The van der Waals surface area contributed by atoms with Crippen molar-refractivity contribution in [1.82, 2.24) is 4.90 Å². The number of rotatable bonds is 3. The van der Waals surface area contributed by atoms with Crippen molar-refractivity contribution in [2.24, 2.45) is 0 Å². The zero-order valence-corrected chi connectivity index (χ0v) is 11.3. The fourth-order valence-corrected chi connectivity index (χ4v) is 2.92. The van der Waals surface area contributed by atoms with Crippen molar-refractivity contribution in [3.05, 3.63) is 35.6 Å². The molecular weight excluding hydrogens is 222 g/mol. The molecule has 1 aliphatic heterocycles. The van der Waals surface area contributed by atoms with Crippen molar-refractivity contribution >= 4 is 11.0 Å². The van der Waals surface area contributed by atoms with E-state index in [1.54, 1.807) is 0 Å². The van der Waals surface area contributed by atoms with Gasteiger partial charge in [0.2, 0.25) is 0 Å². The molecule has 1 aliphatic rings. The van der Waals surface area contributed by atoms with E-state index in [1.165, 1.54) is 30.3 Å². The van der Waals surface area contributed by atoms with Crippen LogP contribution >= 0.6 is 0 Å². The molecule has 96 valence electrons. The number of hydrogen-bond acceptors (Lipinski definition) is 2. The molecule has 3 rings (SSSR count). The van der Waals surface area contributed by atoms with Gasteiger partial charge >= 0.3 is 0 Å². The van der Waals surface area contributed by atoms with Gasteiger partial charge in [-0.25, -0.2) is 0 Å². The van der Waals surface area contributed by atoms with E-state index in [0.717, 1.165) is 30.4 Å². The van der Waals surface area contributed by atoms with Crippen LogP contribution in [0.1, 0.15) is 31.1 Å². The molecule has 2 heteroatoms. The highest BCUT2D eigenvalue weighted by molar-refractivity contribution is 5.78. The van der Waals surface area contributed by atoms with E-state index in [2.05, 4.69) is 43.0 Å². The molecule has 1 aromatic carbocycles. The lowest BCUT2D eigenvalue weighted by atomic mass is 10.2. The van der Waals surface area contributed by atoms with E-state index in [4.69, 9.17) is 4.42 Å². The predicted molar refractivity (Wildman–Crippen MR) is 74.9 cm³/mol. The maximum absolute atomic E-state index is 5.89. The Balaban J connectivity index is 1.71. The number of likely N-dealkylation sites (tertiary alicyclic amines) is 1. The molecule has 0 amide bonds. The highest BCUT2D eigenvalue weighted by atomic mass is 16.3. The molecule has 2 aromatic rings. The van der Waals surface area contributed by atoms with Gasteiger partial charge in [-0.1, -0.05) is 11.6 Å². The van der Waals surface area contributed by atoms with Crippen LogP contribution < -0.4 is 0 Å². The topological polar surface area (TPSA) is 16.4 Å². The van der Waals surface area contributed by atoms with Crippen LogP contribution in [0.5, 0.6) is 0 Å². The molecule has 0 aliphatic carbocycles. The van der Waals surface area contributed by atoms with Gasteiger partial charge in [-0.05, 0) is 51.4 Å². The van der Waals surface area contributed by atoms with Crippen LogP contribution in [0, 0.1) is 6.92 Å². The van der Waals surface area contributed by atoms with Gasteiger partial charge in [0.15, 0.2) is 0 Å². The Bertz CT molecular complexity index is 543. The van der Waals surface area contributed by atoms with Crippen molar-refractivity contribution in [3.63, 3.8) is 0 Å². The maximum Gasteiger partial charge on any atom is 0.134 e. The zero-order chi connectivity index (χ0) is 12.5. The Morgan fingerprint density at radius 1 is 1.33 bits per heavy atom. The first kappa shape index (κ1) is 11.8. The minimum atomic E-state index is 0.747. The summed E-state index contributed by atoms with van der Waals surface area (Å²) in [5.41, 5.74) is 2.31. The molecule has 1 fully saturated rings. The molecule has 1 aromatic heterocycles. The quantitative estimate of drug-likeness (QED) is 0.816. The van der Waals surface area contributed by atoms with Crippen molar-refractivity contribution in [2.45, 2.75) is 39.2 Å². The van der Waals surface area contributed by atoms with E-state index in [-0.39, 0.29) is 0 Å². The van der Waals surface area contributed by atoms with E-state index in [9.17, 15) is 0 Å². The Morgan fingerprint density at radius 2 is 2.22 bits per heavy atom. The minimum absolute atomic E-state index is 0.747. The van der Waals surface area contributed by atoms with Gasteiger partial charge in [0.1, 0.15) is 11.3 Å². The smallest absolute Gasteiger partial charge is 0.134 e. The van der Waals surface area contributed by atoms with E-state index in [0.29, 0.717) is 0 Å².